The van der Waals surface area contributed by atoms with Gasteiger partial charge in [-0.25, -0.2) is 4.98 Å². The second-order valence-corrected chi connectivity index (χ2v) is 6.29. The molecule has 1 aliphatic rings. The zero-order valence-electron chi connectivity index (χ0n) is 11.0. The van der Waals surface area contributed by atoms with Crippen molar-refractivity contribution in [2.45, 2.75) is 50.8 Å². The molecule has 0 aliphatic carbocycles. The van der Waals surface area contributed by atoms with Gasteiger partial charge in [-0.2, -0.15) is 0 Å². The highest BCUT2D eigenvalue weighted by Gasteiger charge is 2.08. The van der Waals surface area contributed by atoms with E-state index in [1.54, 1.807) is 11.3 Å². The van der Waals surface area contributed by atoms with Crippen molar-refractivity contribution in [3.05, 3.63) is 16.1 Å². The van der Waals surface area contributed by atoms with Crippen LogP contribution in [0.5, 0.6) is 0 Å². The molecule has 0 bridgehead atoms. The van der Waals surface area contributed by atoms with Crippen LogP contribution >= 0.6 is 22.9 Å². The van der Waals surface area contributed by atoms with Gasteiger partial charge >= 0.3 is 0 Å². The van der Waals surface area contributed by atoms with Crippen LogP contribution in [-0.2, 0) is 12.3 Å². The van der Waals surface area contributed by atoms with E-state index in [0.29, 0.717) is 5.88 Å². The summed E-state index contributed by atoms with van der Waals surface area (Å²) >= 11 is 7.52. The summed E-state index contributed by atoms with van der Waals surface area (Å²) in [6.45, 7) is 3.82. The summed E-state index contributed by atoms with van der Waals surface area (Å²) in [5.74, 6) is 0.544. The van der Waals surface area contributed by atoms with Crippen LogP contribution in [0.15, 0.2) is 5.38 Å². The maximum atomic E-state index is 5.77. The lowest BCUT2D eigenvalue weighted by molar-refractivity contribution is 0.245. The second-order valence-electron chi connectivity index (χ2n) is 5.08. The number of hydrogen-bond donors (Lipinski definition) is 0. The molecule has 2 heterocycles. The lowest BCUT2D eigenvalue weighted by Gasteiger charge is -2.24. The molecule has 1 aromatic rings. The van der Waals surface area contributed by atoms with Crippen molar-refractivity contribution in [3.8, 4) is 0 Å². The van der Waals surface area contributed by atoms with Gasteiger partial charge in [0.25, 0.3) is 0 Å². The number of hydrogen-bond acceptors (Lipinski definition) is 3. The van der Waals surface area contributed by atoms with Crippen LogP contribution in [-0.4, -0.2) is 29.5 Å². The first-order chi connectivity index (χ1) is 8.88. The molecule has 2 rings (SSSR count). The van der Waals surface area contributed by atoms with Crippen molar-refractivity contribution in [2.75, 3.05) is 19.6 Å². The third-order valence-corrected chi connectivity index (χ3v) is 4.78. The van der Waals surface area contributed by atoms with E-state index in [2.05, 4.69) is 15.3 Å². The molecular weight excluding hydrogens is 264 g/mol. The fourth-order valence-corrected chi connectivity index (χ4v) is 3.58. The fourth-order valence-electron chi connectivity index (χ4n) is 2.52. The Kier molecular flexibility index (Phi) is 6.46. The molecule has 0 spiro atoms. The molecule has 1 aliphatic heterocycles. The van der Waals surface area contributed by atoms with Crippen LogP contribution < -0.4 is 0 Å². The predicted octanol–water partition coefficient (Wildman–Crippen LogP) is 4.08. The van der Waals surface area contributed by atoms with E-state index in [1.165, 1.54) is 63.2 Å². The van der Waals surface area contributed by atoms with Gasteiger partial charge in [-0.05, 0) is 38.9 Å². The number of aromatic nitrogens is 1. The minimum absolute atomic E-state index is 0.544. The zero-order valence-corrected chi connectivity index (χ0v) is 12.6. The molecule has 1 saturated heterocycles. The predicted molar refractivity (Wildman–Crippen MR) is 79.5 cm³/mol. The van der Waals surface area contributed by atoms with Crippen LogP contribution in [0.25, 0.3) is 0 Å². The monoisotopic (exact) mass is 286 g/mol. The number of rotatable bonds is 5. The van der Waals surface area contributed by atoms with Gasteiger partial charge < -0.3 is 4.90 Å². The maximum Gasteiger partial charge on any atom is 0.0929 e. The van der Waals surface area contributed by atoms with Gasteiger partial charge in [0.05, 0.1) is 16.6 Å². The molecule has 102 valence electrons. The number of thiazole rings is 1. The Morgan fingerprint density at radius 3 is 2.56 bits per heavy atom. The Hall–Kier alpha value is -0.120. The first-order valence-electron chi connectivity index (χ1n) is 7.10. The molecule has 2 nitrogen and oxygen atoms in total. The lowest BCUT2D eigenvalue weighted by Crippen LogP contribution is -2.28. The topological polar surface area (TPSA) is 16.1 Å². The Balaban J connectivity index is 1.67. The van der Waals surface area contributed by atoms with E-state index in [4.69, 9.17) is 11.6 Å². The average Bonchev–Trinajstić information content (AvgIpc) is 2.79. The molecule has 4 heteroatoms. The molecular formula is C14H23ClN2S. The van der Waals surface area contributed by atoms with Gasteiger partial charge in [-0.1, -0.05) is 19.3 Å². The third kappa shape index (κ3) is 4.87. The molecule has 1 fully saturated rings. The molecule has 0 saturated carbocycles. The van der Waals surface area contributed by atoms with E-state index in [0.717, 1.165) is 12.1 Å². The van der Waals surface area contributed by atoms with Gasteiger partial charge in [0.2, 0.25) is 0 Å². The van der Waals surface area contributed by atoms with Gasteiger partial charge in [-0.3, -0.25) is 0 Å². The van der Waals surface area contributed by atoms with E-state index in [-0.39, 0.29) is 0 Å². The lowest BCUT2D eigenvalue weighted by atomic mass is 10.1. The standard InChI is InChI=1S/C14H23ClN2S/c15-11-13-12-18-14(16-13)7-6-10-17-8-4-2-1-3-5-9-17/h12H,1-11H2. The van der Waals surface area contributed by atoms with Crippen LogP contribution in [0.2, 0.25) is 0 Å². The van der Waals surface area contributed by atoms with E-state index in [1.807, 2.05) is 0 Å². The summed E-state index contributed by atoms with van der Waals surface area (Å²) in [5, 5.41) is 3.33. The molecule has 0 unspecified atom stereocenters. The van der Waals surface area contributed by atoms with Gasteiger partial charge in [-0.15, -0.1) is 22.9 Å². The molecule has 18 heavy (non-hydrogen) atoms. The molecule has 0 aromatic carbocycles. The zero-order chi connectivity index (χ0) is 12.6. The van der Waals surface area contributed by atoms with Gasteiger partial charge in [0.1, 0.15) is 0 Å². The number of alkyl halides is 1. The molecule has 0 radical (unpaired) electrons. The number of nitrogens with zero attached hydrogens (tertiary/aromatic N) is 2. The first kappa shape index (κ1) is 14.3. The van der Waals surface area contributed by atoms with Gasteiger partial charge in [0, 0.05) is 11.8 Å². The number of likely N-dealkylation sites (tertiary alicyclic amines) is 1. The Labute approximate surface area is 119 Å². The molecule has 0 N–H and O–H groups in total. The third-order valence-electron chi connectivity index (χ3n) is 3.55. The fraction of sp³-hybridized carbons (Fsp3) is 0.786. The van der Waals surface area contributed by atoms with Crippen LogP contribution in [0.4, 0.5) is 0 Å². The largest absolute Gasteiger partial charge is 0.303 e. The van der Waals surface area contributed by atoms with E-state index >= 15 is 0 Å². The summed E-state index contributed by atoms with van der Waals surface area (Å²) in [6, 6.07) is 0. The van der Waals surface area contributed by atoms with Crippen LogP contribution in [0, 0.1) is 0 Å². The summed E-state index contributed by atoms with van der Waals surface area (Å²) in [5.41, 5.74) is 1.03. The minimum Gasteiger partial charge on any atom is -0.303 e. The first-order valence-corrected chi connectivity index (χ1v) is 8.51. The Bertz CT molecular complexity index is 332. The maximum absolute atomic E-state index is 5.77. The quantitative estimate of drug-likeness (QED) is 0.758. The van der Waals surface area contributed by atoms with Crippen LogP contribution in [0.1, 0.15) is 49.2 Å². The summed E-state index contributed by atoms with van der Waals surface area (Å²) in [6.07, 6.45) is 9.38. The molecule has 0 atom stereocenters. The van der Waals surface area contributed by atoms with Crippen molar-refractivity contribution in [1.29, 1.82) is 0 Å². The normalized spacial score (nSPS) is 18.5. The van der Waals surface area contributed by atoms with Crippen molar-refractivity contribution in [3.63, 3.8) is 0 Å². The molecule has 0 amide bonds. The summed E-state index contributed by atoms with van der Waals surface area (Å²) in [4.78, 5) is 7.15. The number of aryl methyl sites for hydroxylation is 1. The van der Waals surface area contributed by atoms with Gasteiger partial charge in [0.15, 0.2) is 0 Å². The average molecular weight is 287 g/mol. The molecule has 1 aromatic heterocycles. The van der Waals surface area contributed by atoms with E-state index in [9.17, 15) is 0 Å². The highest BCUT2D eigenvalue weighted by molar-refractivity contribution is 7.09. The Morgan fingerprint density at radius 1 is 1.17 bits per heavy atom. The van der Waals surface area contributed by atoms with Crippen molar-refractivity contribution >= 4 is 22.9 Å². The highest BCUT2D eigenvalue weighted by Crippen LogP contribution is 2.15. The smallest absolute Gasteiger partial charge is 0.0929 e. The van der Waals surface area contributed by atoms with Crippen molar-refractivity contribution in [1.82, 2.24) is 9.88 Å². The second kappa shape index (κ2) is 8.13. The SMILES string of the molecule is ClCc1csc(CCCN2CCCCCCC2)n1. The van der Waals surface area contributed by atoms with Crippen molar-refractivity contribution < 1.29 is 0 Å². The van der Waals surface area contributed by atoms with Crippen LogP contribution in [0.3, 0.4) is 0 Å². The number of halogens is 1. The van der Waals surface area contributed by atoms with Crippen molar-refractivity contribution in [2.24, 2.45) is 0 Å². The summed E-state index contributed by atoms with van der Waals surface area (Å²) < 4.78 is 0. The Morgan fingerprint density at radius 2 is 1.89 bits per heavy atom. The summed E-state index contributed by atoms with van der Waals surface area (Å²) in [7, 11) is 0. The minimum atomic E-state index is 0.544. The van der Waals surface area contributed by atoms with E-state index < -0.39 is 0 Å². The highest BCUT2D eigenvalue weighted by atomic mass is 35.5.